The summed E-state index contributed by atoms with van der Waals surface area (Å²) in [4.78, 5) is 25.5. The number of ether oxygens (including phenoxy) is 3. The second kappa shape index (κ2) is 10.4. The molecule has 4 aromatic rings. The first-order chi connectivity index (χ1) is 17.6. The number of fused-ring (bicyclic) bond motifs is 2. The highest BCUT2D eigenvalue weighted by molar-refractivity contribution is 6.16. The number of benzene rings is 2. The van der Waals surface area contributed by atoms with Crippen LogP contribution in [-0.2, 0) is 11.3 Å². The number of rotatable bonds is 8. The van der Waals surface area contributed by atoms with E-state index in [-0.39, 0.29) is 5.91 Å². The number of amides is 1. The van der Waals surface area contributed by atoms with Crippen molar-refractivity contribution in [1.82, 2.24) is 19.4 Å². The molecule has 0 radical (unpaired) electrons. The second-order valence-corrected chi connectivity index (χ2v) is 8.63. The number of nitrogens with two attached hydrogens (primary N) is 1. The Hall–Kier alpha value is -3.89. The van der Waals surface area contributed by atoms with Crippen LogP contribution in [-0.4, -0.2) is 72.4 Å². The highest BCUT2D eigenvalue weighted by atomic mass is 16.5. The number of nitrogen functional groups attached to an aromatic ring is 1. The van der Waals surface area contributed by atoms with Crippen molar-refractivity contribution in [1.29, 1.82) is 0 Å². The van der Waals surface area contributed by atoms with Crippen LogP contribution in [0.4, 0.5) is 11.5 Å². The van der Waals surface area contributed by atoms with Gasteiger partial charge in [0.15, 0.2) is 17.1 Å². The summed E-state index contributed by atoms with van der Waals surface area (Å²) in [5.74, 6) is 1.07. The third-order valence-electron chi connectivity index (χ3n) is 6.42. The Labute approximate surface area is 209 Å². The van der Waals surface area contributed by atoms with Crippen LogP contribution in [0.3, 0.4) is 0 Å². The van der Waals surface area contributed by atoms with Crippen LogP contribution in [0.1, 0.15) is 16.8 Å². The molecule has 0 aliphatic carbocycles. The van der Waals surface area contributed by atoms with Crippen LogP contribution in [0, 0.1) is 0 Å². The van der Waals surface area contributed by atoms with Crippen molar-refractivity contribution in [2.24, 2.45) is 0 Å². The lowest BCUT2D eigenvalue weighted by Gasteiger charge is -2.26. The quantitative estimate of drug-likeness (QED) is 0.387. The molecule has 3 N–H and O–H groups in total. The van der Waals surface area contributed by atoms with Gasteiger partial charge in [0.1, 0.15) is 16.9 Å². The summed E-state index contributed by atoms with van der Waals surface area (Å²) in [6.07, 6.45) is 0.860. The number of carbonyl (C=O) groups is 1. The molecule has 0 bridgehead atoms. The van der Waals surface area contributed by atoms with Gasteiger partial charge in [0.05, 0.1) is 38.5 Å². The fraction of sp³-hybridized carbons (Fsp3) is 0.346. The maximum Gasteiger partial charge on any atom is 0.261 e. The van der Waals surface area contributed by atoms with Gasteiger partial charge in [-0.15, -0.1) is 0 Å². The number of nitrogens with one attached hydrogen (secondary N) is 1. The van der Waals surface area contributed by atoms with Crippen molar-refractivity contribution in [3.8, 4) is 11.5 Å². The molecule has 2 aromatic carbocycles. The van der Waals surface area contributed by atoms with Gasteiger partial charge in [-0.1, -0.05) is 12.1 Å². The topological polar surface area (TPSA) is 117 Å². The van der Waals surface area contributed by atoms with Crippen molar-refractivity contribution in [2.45, 2.75) is 13.0 Å². The summed E-state index contributed by atoms with van der Waals surface area (Å²) >= 11 is 0. The number of carbonyl (C=O) groups excluding carboxylic acids is 1. The molecule has 1 aliphatic rings. The molecule has 5 rings (SSSR count). The van der Waals surface area contributed by atoms with Gasteiger partial charge in [0.25, 0.3) is 5.91 Å². The molecule has 2 aromatic heterocycles. The van der Waals surface area contributed by atoms with Crippen molar-refractivity contribution in [3.63, 3.8) is 0 Å². The van der Waals surface area contributed by atoms with E-state index in [1.165, 1.54) is 0 Å². The zero-order chi connectivity index (χ0) is 25.1. The zero-order valence-electron chi connectivity index (χ0n) is 20.5. The molecule has 10 nitrogen and oxygen atoms in total. The Kier molecular flexibility index (Phi) is 6.88. The van der Waals surface area contributed by atoms with Crippen molar-refractivity contribution in [2.75, 3.05) is 58.1 Å². The van der Waals surface area contributed by atoms with E-state index in [1.807, 2.05) is 28.8 Å². The summed E-state index contributed by atoms with van der Waals surface area (Å²) in [6, 6.07) is 12.8. The molecular weight excluding hydrogens is 460 g/mol. The predicted molar refractivity (Wildman–Crippen MR) is 139 cm³/mol. The summed E-state index contributed by atoms with van der Waals surface area (Å²) in [5.41, 5.74) is 10.0. The minimum absolute atomic E-state index is 0.310. The third-order valence-corrected chi connectivity index (χ3v) is 6.42. The van der Waals surface area contributed by atoms with E-state index in [9.17, 15) is 4.79 Å². The van der Waals surface area contributed by atoms with E-state index in [0.29, 0.717) is 51.8 Å². The summed E-state index contributed by atoms with van der Waals surface area (Å²) < 4.78 is 18.0. The molecule has 0 spiro atoms. The van der Waals surface area contributed by atoms with E-state index < -0.39 is 0 Å². The van der Waals surface area contributed by atoms with E-state index in [1.54, 1.807) is 32.4 Å². The number of nitrogens with zero attached hydrogens (tertiary/aromatic N) is 4. The Morgan fingerprint density at radius 3 is 2.47 bits per heavy atom. The highest BCUT2D eigenvalue weighted by Gasteiger charge is 2.24. The van der Waals surface area contributed by atoms with Gasteiger partial charge < -0.3 is 29.8 Å². The lowest BCUT2D eigenvalue weighted by atomic mass is 10.2. The van der Waals surface area contributed by atoms with Crippen LogP contribution in [0.2, 0.25) is 0 Å². The van der Waals surface area contributed by atoms with Crippen molar-refractivity contribution in [3.05, 3.63) is 48.0 Å². The standard InChI is InChI=1S/C26H30N6O4/c1-34-20-9-8-17(16-21(20)35-2)28-26(33)22-23-25(30-19-7-4-3-6-18(19)29-23)32(24(22)27)11-5-10-31-12-14-36-15-13-31/h3-4,6-9,16H,5,10-15,27H2,1-2H3,(H,28,33). The average molecular weight is 491 g/mol. The highest BCUT2D eigenvalue weighted by Crippen LogP contribution is 2.32. The SMILES string of the molecule is COc1ccc(NC(=O)c2c(N)n(CCCN3CCOCC3)c3nc4ccccc4nc23)cc1OC. The molecule has 1 amide bonds. The maximum absolute atomic E-state index is 13.5. The zero-order valence-corrected chi connectivity index (χ0v) is 20.5. The maximum atomic E-state index is 13.5. The monoisotopic (exact) mass is 490 g/mol. The molecule has 0 atom stereocenters. The Bertz CT molecular complexity index is 1400. The molecule has 1 saturated heterocycles. The Morgan fingerprint density at radius 1 is 1.03 bits per heavy atom. The van der Waals surface area contributed by atoms with Gasteiger partial charge in [-0.3, -0.25) is 9.69 Å². The number of hydrogen-bond donors (Lipinski definition) is 2. The first kappa shape index (κ1) is 23.8. The van der Waals surface area contributed by atoms with Crippen LogP contribution in [0.5, 0.6) is 11.5 Å². The van der Waals surface area contributed by atoms with Crippen LogP contribution >= 0.6 is 0 Å². The lowest BCUT2D eigenvalue weighted by molar-refractivity contribution is 0.0370. The summed E-state index contributed by atoms with van der Waals surface area (Å²) in [7, 11) is 3.11. The lowest BCUT2D eigenvalue weighted by Crippen LogP contribution is -2.37. The van der Waals surface area contributed by atoms with Gasteiger partial charge in [0.2, 0.25) is 0 Å². The first-order valence-corrected chi connectivity index (χ1v) is 12.0. The predicted octanol–water partition coefficient (Wildman–Crippen LogP) is 3.16. The smallest absolute Gasteiger partial charge is 0.261 e. The van der Waals surface area contributed by atoms with Crippen molar-refractivity contribution < 1.29 is 19.0 Å². The van der Waals surface area contributed by atoms with Crippen LogP contribution in [0.25, 0.3) is 22.2 Å². The number of morpholine rings is 1. The molecule has 1 fully saturated rings. The van der Waals surface area contributed by atoms with Gasteiger partial charge in [-0.05, 0) is 30.7 Å². The number of para-hydroxylation sites is 2. The van der Waals surface area contributed by atoms with Crippen LogP contribution in [0.15, 0.2) is 42.5 Å². The number of aromatic nitrogens is 3. The minimum atomic E-state index is -0.360. The normalized spacial score (nSPS) is 14.3. The van der Waals surface area contributed by atoms with Gasteiger partial charge in [-0.25, -0.2) is 9.97 Å². The van der Waals surface area contributed by atoms with Gasteiger partial charge in [0, 0.05) is 37.9 Å². The summed E-state index contributed by atoms with van der Waals surface area (Å²) in [5, 5.41) is 2.93. The molecule has 1 aliphatic heterocycles. The van der Waals surface area contributed by atoms with E-state index in [4.69, 9.17) is 29.9 Å². The molecule has 188 valence electrons. The van der Waals surface area contributed by atoms with Gasteiger partial charge in [-0.2, -0.15) is 0 Å². The molecule has 0 unspecified atom stereocenters. The van der Waals surface area contributed by atoms with Crippen LogP contribution < -0.4 is 20.5 Å². The molecular formula is C26H30N6O4. The average Bonchev–Trinajstić information content (AvgIpc) is 3.18. The number of anilines is 2. The Balaban J connectivity index is 1.49. The number of hydrogen-bond acceptors (Lipinski definition) is 8. The Morgan fingerprint density at radius 2 is 1.75 bits per heavy atom. The fourth-order valence-electron chi connectivity index (χ4n) is 4.55. The van der Waals surface area contributed by atoms with Gasteiger partial charge >= 0.3 is 0 Å². The van der Waals surface area contributed by atoms with E-state index in [0.717, 1.165) is 44.8 Å². The molecule has 0 saturated carbocycles. The molecule has 36 heavy (non-hydrogen) atoms. The minimum Gasteiger partial charge on any atom is -0.493 e. The fourth-order valence-corrected chi connectivity index (χ4v) is 4.55. The number of methoxy groups -OCH3 is 2. The molecule has 10 heteroatoms. The van der Waals surface area contributed by atoms with Crippen molar-refractivity contribution >= 4 is 39.6 Å². The summed E-state index contributed by atoms with van der Waals surface area (Å²) in [6.45, 7) is 4.89. The second-order valence-electron chi connectivity index (χ2n) is 8.63. The third kappa shape index (κ3) is 4.65. The van der Waals surface area contributed by atoms with E-state index >= 15 is 0 Å². The first-order valence-electron chi connectivity index (χ1n) is 12.0. The largest absolute Gasteiger partial charge is 0.493 e. The number of aryl methyl sites for hydroxylation is 1. The molecule has 3 heterocycles. The van der Waals surface area contributed by atoms with E-state index in [2.05, 4.69) is 10.2 Å².